The van der Waals surface area contributed by atoms with E-state index in [0.717, 1.165) is 0 Å². The highest BCUT2D eigenvalue weighted by Gasteiger charge is 2.28. The number of primary amides is 1. The van der Waals surface area contributed by atoms with Gasteiger partial charge in [-0.05, 0) is 35.9 Å². The van der Waals surface area contributed by atoms with Crippen LogP contribution in [0.3, 0.4) is 0 Å². The number of ketones is 1. The summed E-state index contributed by atoms with van der Waals surface area (Å²) >= 11 is 6.20. The molecule has 1 aromatic heterocycles. The number of carboxylic acids is 1. The largest absolute Gasteiger partial charge is 0.477 e. The predicted molar refractivity (Wildman–Crippen MR) is 115 cm³/mol. The van der Waals surface area contributed by atoms with Crippen molar-refractivity contribution >= 4 is 45.7 Å². The van der Waals surface area contributed by atoms with Crippen molar-refractivity contribution in [1.29, 1.82) is 0 Å². The molecule has 30 heavy (non-hydrogen) atoms. The van der Waals surface area contributed by atoms with Crippen molar-refractivity contribution in [2.45, 2.75) is 13.0 Å². The summed E-state index contributed by atoms with van der Waals surface area (Å²) in [6.45, 7) is 0.179. The third kappa shape index (κ3) is 3.42. The lowest BCUT2D eigenvalue weighted by molar-refractivity contribution is -0.113. The average Bonchev–Trinajstić information content (AvgIpc) is 3.02. The second-order valence-electron chi connectivity index (χ2n) is 6.98. The topological polar surface area (TPSA) is 102 Å². The Balaban J connectivity index is 1.99. The summed E-state index contributed by atoms with van der Waals surface area (Å²) in [5.74, 6) is -1.88. The maximum atomic E-state index is 12.6. The van der Waals surface area contributed by atoms with Crippen LogP contribution >= 0.6 is 11.6 Å². The van der Waals surface area contributed by atoms with E-state index in [1.54, 1.807) is 65.3 Å². The molecule has 2 aromatic carbocycles. The summed E-state index contributed by atoms with van der Waals surface area (Å²) in [5.41, 5.74) is 7.71. The van der Waals surface area contributed by atoms with Gasteiger partial charge < -0.3 is 15.4 Å². The number of benzene rings is 2. The third-order valence-electron chi connectivity index (χ3n) is 5.05. The van der Waals surface area contributed by atoms with Gasteiger partial charge in [-0.25, -0.2) is 4.79 Å². The van der Waals surface area contributed by atoms with Crippen molar-refractivity contribution in [2.75, 3.05) is 0 Å². The number of nitrogens with two attached hydrogens (primary N) is 1. The number of hydrogen-bond acceptors (Lipinski definition) is 3. The standard InChI is InChI=1S/C23H17ClN2O4/c24-15-8-9-18-17(11-15)20(16-6-1-2-7-19(16)27)21(23(29)30)26(18)12-13-4-3-5-14(10-13)22(25)28/h1-6,8-11H,7,12H2,(H2,25,28)(H,29,30). The summed E-state index contributed by atoms with van der Waals surface area (Å²) in [4.78, 5) is 36.4. The van der Waals surface area contributed by atoms with Gasteiger partial charge >= 0.3 is 5.97 Å². The molecule has 1 aliphatic rings. The summed E-state index contributed by atoms with van der Waals surface area (Å²) in [7, 11) is 0. The average molecular weight is 421 g/mol. The van der Waals surface area contributed by atoms with Gasteiger partial charge in [-0.3, -0.25) is 9.59 Å². The zero-order valence-electron chi connectivity index (χ0n) is 15.8. The van der Waals surface area contributed by atoms with Crippen LogP contribution in [0.5, 0.6) is 0 Å². The molecule has 150 valence electrons. The fourth-order valence-electron chi connectivity index (χ4n) is 3.76. The number of rotatable bonds is 5. The summed E-state index contributed by atoms with van der Waals surface area (Å²) in [6.07, 6.45) is 5.31. The van der Waals surface area contributed by atoms with Gasteiger partial charge in [-0.2, -0.15) is 0 Å². The van der Waals surface area contributed by atoms with Crippen LogP contribution < -0.4 is 5.73 Å². The van der Waals surface area contributed by atoms with E-state index < -0.39 is 11.9 Å². The molecule has 0 spiro atoms. The fourth-order valence-corrected chi connectivity index (χ4v) is 3.93. The minimum atomic E-state index is -1.16. The minimum Gasteiger partial charge on any atom is -0.477 e. The number of allylic oxidation sites excluding steroid dienone is 4. The normalized spacial score (nSPS) is 13.5. The molecule has 4 rings (SSSR count). The number of carbonyl (C=O) groups is 3. The second kappa shape index (κ2) is 7.65. The molecule has 0 aliphatic heterocycles. The van der Waals surface area contributed by atoms with Crippen molar-refractivity contribution in [3.63, 3.8) is 0 Å². The van der Waals surface area contributed by atoms with Gasteiger partial charge in [-0.1, -0.05) is 42.0 Å². The molecule has 1 amide bonds. The SMILES string of the molecule is NC(=O)c1cccc(Cn2c(C(=O)O)c(C3=CC=CCC3=O)c3cc(Cl)ccc32)c1. The summed E-state index contributed by atoms with van der Waals surface area (Å²) in [5, 5.41) is 11.1. The van der Waals surface area contributed by atoms with Gasteiger partial charge in [0.2, 0.25) is 5.91 Å². The first kappa shape index (κ1) is 19.7. The van der Waals surface area contributed by atoms with Crippen molar-refractivity contribution in [2.24, 2.45) is 5.73 Å². The van der Waals surface area contributed by atoms with E-state index in [0.29, 0.717) is 38.2 Å². The number of carbonyl (C=O) groups excluding carboxylic acids is 2. The molecule has 1 aliphatic carbocycles. The number of aromatic carboxylic acids is 1. The lowest BCUT2D eigenvalue weighted by Gasteiger charge is -2.12. The number of carboxylic acid groups (broad SMARTS) is 1. The number of fused-ring (bicyclic) bond motifs is 1. The molecule has 7 heteroatoms. The zero-order chi connectivity index (χ0) is 21.4. The van der Waals surface area contributed by atoms with Crippen LogP contribution in [0, 0.1) is 0 Å². The number of amides is 1. The molecule has 3 N–H and O–H groups in total. The molecule has 3 aromatic rings. The Labute approximate surface area is 176 Å². The number of aromatic nitrogens is 1. The van der Waals surface area contributed by atoms with Crippen molar-refractivity contribution in [3.05, 3.63) is 88.1 Å². The highest BCUT2D eigenvalue weighted by Crippen LogP contribution is 2.36. The number of hydrogen-bond donors (Lipinski definition) is 2. The molecule has 0 fully saturated rings. The van der Waals surface area contributed by atoms with Crippen molar-refractivity contribution < 1.29 is 19.5 Å². The molecule has 0 atom stereocenters. The molecule has 0 unspecified atom stereocenters. The Morgan fingerprint density at radius 3 is 2.67 bits per heavy atom. The maximum Gasteiger partial charge on any atom is 0.353 e. The van der Waals surface area contributed by atoms with Gasteiger partial charge in [0.15, 0.2) is 5.78 Å². The lowest BCUT2D eigenvalue weighted by atomic mass is 9.93. The molecular weight excluding hydrogens is 404 g/mol. The quantitative estimate of drug-likeness (QED) is 0.649. The molecule has 6 nitrogen and oxygen atoms in total. The first-order valence-corrected chi connectivity index (χ1v) is 9.59. The Morgan fingerprint density at radius 1 is 1.17 bits per heavy atom. The number of nitrogens with zero attached hydrogens (tertiary/aromatic N) is 1. The number of halogens is 1. The van der Waals surface area contributed by atoms with Crippen LogP contribution in [-0.4, -0.2) is 27.3 Å². The maximum absolute atomic E-state index is 12.6. The van der Waals surface area contributed by atoms with E-state index in [4.69, 9.17) is 17.3 Å². The molecule has 0 radical (unpaired) electrons. The van der Waals surface area contributed by atoms with E-state index in [-0.39, 0.29) is 24.4 Å². The van der Waals surface area contributed by atoms with Crippen LogP contribution in [0.2, 0.25) is 5.02 Å². The van der Waals surface area contributed by atoms with E-state index >= 15 is 0 Å². The Kier molecular flexibility index (Phi) is 5.01. The first-order valence-electron chi connectivity index (χ1n) is 9.21. The van der Waals surface area contributed by atoms with Crippen LogP contribution in [0.1, 0.15) is 38.4 Å². The molecule has 1 heterocycles. The fraction of sp³-hybridized carbons (Fsp3) is 0.0870. The Morgan fingerprint density at radius 2 is 1.97 bits per heavy atom. The highest BCUT2D eigenvalue weighted by atomic mass is 35.5. The van der Waals surface area contributed by atoms with Crippen LogP contribution in [-0.2, 0) is 11.3 Å². The molecule has 0 saturated carbocycles. The van der Waals surface area contributed by atoms with Gasteiger partial charge in [0.1, 0.15) is 5.69 Å². The van der Waals surface area contributed by atoms with Gasteiger partial charge in [-0.15, -0.1) is 0 Å². The van der Waals surface area contributed by atoms with Gasteiger partial charge in [0.05, 0.1) is 0 Å². The lowest BCUT2D eigenvalue weighted by Crippen LogP contribution is -2.14. The van der Waals surface area contributed by atoms with E-state index in [1.807, 2.05) is 0 Å². The molecule has 0 bridgehead atoms. The minimum absolute atomic E-state index is 0.00774. The first-order chi connectivity index (χ1) is 14.4. The smallest absolute Gasteiger partial charge is 0.353 e. The number of Topliss-reactive ketones (excluding diaryl/α,β-unsaturated/α-hetero) is 1. The van der Waals surface area contributed by atoms with E-state index in [1.165, 1.54) is 0 Å². The van der Waals surface area contributed by atoms with Crippen molar-refractivity contribution in [3.8, 4) is 0 Å². The van der Waals surface area contributed by atoms with Gasteiger partial charge in [0.25, 0.3) is 0 Å². The summed E-state index contributed by atoms with van der Waals surface area (Å²) < 4.78 is 1.62. The molecular formula is C23H17ClN2O4. The summed E-state index contributed by atoms with van der Waals surface area (Å²) in [6, 6.07) is 11.8. The van der Waals surface area contributed by atoms with Crippen molar-refractivity contribution in [1.82, 2.24) is 4.57 Å². The third-order valence-corrected chi connectivity index (χ3v) is 5.29. The van der Waals surface area contributed by atoms with Crippen LogP contribution in [0.15, 0.2) is 60.7 Å². The monoisotopic (exact) mass is 420 g/mol. The Bertz CT molecular complexity index is 1280. The Hall–Kier alpha value is -3.64. The molecule has 0 saturated heterocycles. The highest BCUT2D eigenvalue weighted by molar-refractivity contribution is 6.32. The van der Waals surface area contributed by atoms with Crippen LogP contribution in [0.25, 0.3) is 16.5 Å². The van der Waals surface area contributed by atoms with Gasteiger partial charge in [0, 0.05) is 45.6 Å². The second-order valence-corrected chi connectivity index (χ2v) is 7.41. The van der Waals surface area contributed by atoms with Crippen LogP contribution in [0.4, 0.5) is 0 Å². The predicted octanol–water partition coefficient (Wildman–Crippen LogP) is 4.05. The van der Waals surface area contributed by atoms with E-state index in [2.05, 4.69) is 0 Å². The van der Waals surface area contributed by atoms with E-state index in [9.17, 15) is 19.5 Å². The zero-order valence-corrected chi connectivity index (χ0v) is 16.5.